The summed E-state index contributed by atoms with van der Waals surface area (Å²) in [7, 11) is 0. The van der Waals surface area contributed by atoms with Gasteiger partial charge in [-0.25, -0.2) is 8.78 Å². The minimum Gasteiger partial charge on any atom is -0.489 e. The van der Waals surface area contributed by atoms with Crippen LogP contribution in [0.1, 0.15) is 31.1 Å². The number of aliphatic hydroxyl groups is 1. The molecule has 1 aromatic carbocycles. The quantitative estimate of drug-likeness (QED) is 0.918. The number of rotatable bonds is 5. The number of hydrogen-bond donors (Lipinski definition) is 1. The van der Waals surface area contributed by atoms with Crippen molar-refractivity contribution in [1.82, 2.24) is 4.98 Å². The lowest BCUT2D eigenvalue weighted by Gasteiger charge is -2.14. The average molecular weight is 293 g/mol. The standard InChI is InChI=1S/C16H17F2NO2/c1-10(2)21-14-5-12(8-19-9-14)16(20)6-11-3-4-13(17)7-15(11)18/h3-5,7-10,16,20H,6H2,1-2H3. The van der Waals surface area contributed by atoms with E-state index in [0.29, 0.717) is 11.3 Å². The lowest BCUT2D eigenvalue weighted by molar-refractivity contribution is 0.175. The van der Waals surface area contributed by atoms with Gasteiger partial charge >= 0.3 is 0 Å². The minimum absolute atomic E-state index is 0.00580. The molecule has 0 spiro atoms. The first kappa shape index (κ1) is 15.4. The summed E-state index contributed by atoms with van der Waals surface area (Å²) in [6, 6.07) is 4.97. The molecule has 0 amide bonds. The molecule has 5 heteroatoms. The second kappa shape index (κ2) is 6.63. The molecule has 21 heavy (non-hydrogen) atoms. The van der Waals surface area contributed by atoms with Crippen molar-refractivity contribution in [2.24, 2.45) is 0 Å². The van der Waals surface area contributed by atoms with E-state index in [2.05, 4.69) is 4.98 Å². The third-order valence-corrected chi connectivity index (χ3v) is 2.92. The molecule has 1 aromatic heterocycles. The zero-order valence-corrected chi connectivity index (χ0v) is 11.9. The second-order valence-corrected chi connectivity index (χ2v) is 5.08. The highest BCUT2D eigenvalue weighted by molar-refractivity contribution is 5.27. The first-order valence-electron chi connectivity index (χ1n) is 6.69. The molecule has 2 rings (SSSR count). The first-order valence-corrected chi connectivity index (χ1v) is 6.69. The van der Waals surface area contributed by atoms with Gasteiger partial charge in [0.1, 0.15) is 17.4 Å². The van der Waals surface area contributed by atoms with Gasteiger partial charge in [-0.2, -0.15) is 0 Å². The van der Waals surface area contributed by atoms with Crippen LogP contribution in [0, 0.1) is 11.6 Å². The molecule has 3 nitrogen and oxygen atoms in total. The Labute approximate surface area is 122 Å². The van der Waals surface area contributed by atoms with Gasteiger partial charge in [-0.05, 0) is 31.5 Å². The Kier molecular flexibility index (Phi) is 4.85. The Balaban J connectivity index is 2.14. The minimum atomic E-state index is -0.937. The van der Waals surface area contributed by atoms with Crippen molar-refractivity contribution < 1.29 is 18.6 Å². The van der Waals surface area contributed by atoms with Crippen LogP contribution in [-0.2, 0) is 6.42 Å². The molecule has 0 bridgehead atoms. The fourth-order valence-electron chi connectivity index (χ4n) is 1.97. The molecular formula is C16H17F2NO2. The van der Waals surface area contributed by atoms with Crippen molar-refractivity contribution >= 4 is 0 Å². The Morgan fingerprint density at radius 2 is 1.95 bits per heavy atom. The second-order valence-electron chi connectivity index (χ2n) is 5.08. The van der Waals surface area contributed by atoms with Crippen LogP contribution in [0.4, 0.5) is 8.78 Å². The predicted octanol–water partition coefficient (Wildman–Crippen LogP) is 3.42. The third-order valence-electron chi connectivity index (χ3n) is 2.92. The van der Waals surface area contributed by atoms with Crippen molar-refractivity contribution in [1.29, 1.82) is 0 Å². The van der Waals surface area contributed by atoms with E-state index >= 15 is 0 Å². The molecule has 1 atom stereocenters. The van der Waals surface area contributed by atoms with Gasteiger partial charge in [-0.3, -0.25) is 4.98 Å². The molecule has 0 saturated heterocycles. The first-order chi connectivity index (χ1) is 9.95. The van der Waals surface area contributed by atoms with Crippen LogP contribution in [0.3, 0.4) is 0 Å². The number of hydrogen-bond acceptors (Lipinski definition) is 3. The molecule has 0 radical (unpaired) electrons. The fraction of sp³-hybridized carbons (Fsp3) is 0.312. The SMILES string of the molecule is CC(C)Oc1cncc(C(O)Cc2ccc(F)cc2F)c1. The van der Waals surface area contributed by atoms with E-state index in [1.54, 1.807) is 12.3 Å². The number of aliphatic hydroxyl groups excluding tert-OH is 1. The zero-order chi connectivity index (χ0) is 15.4. The number of pyridine rings is 1. The van der Waals surface area contributed by atoms with Gasteiger partial charge in [0, 0.05) is 24.2 Å². The van der Waals surface area contributed by atoms with E-state index in [1.165, 1.54) is 18.3 Å². The van der Waals surface area contributed by atoms with Gasteiger partial charge in [0.25, 0.3) is 0 Å². The van der Waals surface area contributed by atoms with Crippen LogP contribution in [0.15, 0.2) is 36.7 Å². The van der Waals surface area contributed by atoms with E-state index in [1.807, 2.05) is 13.8 Å². The zero-order valence-electron chi connectivity index (χ0n) is 11.9. The Morgan fingerprint density at radius 3 is 2.62 bits per heavy atom. The predicted molar refractivity (Wildman–Crippen MR) is 75.0 cm³/mol. The molecule has 0 aliphatic carbocycles. The van der Waals surface area contributed by atoms with E-state index in [0.717, 1.165) is 6.07 Å². The normalized spacial score (nSPS) is 12.5. The van der Waals surface area contributed by atoms with Gasteiger partial charge in [0.2, 0.25) is 0 Å². The van der Waals surface area contributed by atoms with Crippen LogP contribution in [0.2, 0.25) is 0 Å². The maximum atomic E-state index is 13.6. The van der Waals surface area contributed by atoms with Gasteiger partial charge < -0.3 is 9.84 Å². The summed E-state index contributed by atoms with van der Waals surface area (Å²) in [6.07, 6.45) is 2.15. The summed E-state index contributed by atoms with van der Waals surface area (Å²) in [6.45, 7) is 3.77. The van der Waals surface area contributed by atoms with E-state index in [-0.39, 0.29) is 18.1 Å². The highest BCUT2D eigenvalue weighted by Crippen LogP contribution is 2.23. The Morgan fingerprint density at radius 1 is 1.19 bits per heavy atom. The largest absolute Gasteiger partial charge is 0.489 e. The maximum Gasteiger partial charge on any atom is 0.138 e. The summed E-state index contributed by atoms with van der Waals surface area (Å²) in [5.74, 6) is -0.766. The summed E-state index contributed by atoms with van der Waals surface area (Å²) in [5.41, 5.74) is 0.774. The highest BCUT2D eigenvalue weighted by atomic mass is 19.1. The molecule has 112 valence electrons. The van der Waals surface area contributed by atoms with Crippen molar-refractivity contribution in [3.8, 4) is 5.75 Å². The van der Waals surface area contributed by atoms with Crippen molar-refractivity contribution in [2.45, 2.75) is 32.5 Å². The van der Waals surface area contributed by atoms with E-state index < -0.39 is 17.7 Å². The summed E-state index contributed by atoms with van der Waals surface area (Å²) < 4.78 is 31.9. The van der Waals surface area contributed by atoms with Gasteiger partial charge in [0.15, 0.2) is 0 Å². The highest BCUT2D eigenvalue weighted by Gasteiger charge is 2.14. The lowest BCUT2D eigenvalue weighted by atomic mass is 10.0. The van der Waals surface area contributed by atoms with Crippen LogP contribution < -0.4 is 4.74 Å². The van der Waals surface area contributed by atoms with Crippen LogP contribution in [0.5, 0.6) is 5.75 Å². The fourth-order valence-corrected chi connectivity index (χ4v) is 1.97. The molecular weight excluding hydrogens is 276 g/mol. The molecule has 1 N–H and O–H groups in total. The van der Waals surface area contributed by atoms with Crippen LogP contribution in [0.25, 0.3) is 0 Å². The van der Waals surface area contributed by atoms with Gasteiger partial charge in [-0.15, -0.1) is 0 Å². The number of nitrogens with zero attached hydrogens (tertiary/aromatic N) is 1. The molecule has 0 aliphatic heterocycles. The van der Waals surface area contributed by atoms with Crippen molar-refractivity contribution in [3.63, 3.8) is 0 Å². The smallest absolute Gasteiger partial charge is 0.138 e. The summed E-state index contributed by atoms with van der Waals surface area (Å²) in [5, 5.41) is 10.2. The monoisotopic (exact) mass is 293 g/mol. The van der Waals surface area contributed by atoms with Gasteiger partial charge in [-0.1, -0.05) is 6.07 Å². The van der Waals surface area contributed by atoms with Crippen LogP contribution in [-0.4, -0.2) is 16.2 Å². The Bertz CT molecular complexity index is 617. The maximum absolute atomic E-state index is 13.6. The number of aromatic nitrogens is 1. The third kappa shape index (κ3) is 4.23. The topological polar surface area (TPSA) is 42.4 Å². The number of ether oxygens (including phenoxy) is 1. The molecule has 0 saturated carbocycles. The molecule has 2 aromatic rings. The average Bonchev–Trinajstić information content (AvgIpc) is 2.41. The number of halogens is 2. The van der Waals surface area contributed by atoms with Gasteiger partial charge in [0.05, 0.1) is 18.4 Å². The lowest BCUT2D eigenvalue weighted by Crippen LogP contribution is -2.08. The molecule has 0 aliphatic rings. The summed E-state index contributed by atoms with van der Waals surface area (Å²) >= 11 is 0. The number of benzene rings is 1. The Hall–Kier alpha value is -2.01. The molecule has 1 heterocycles. The van der Waals surface area contributed by atoms with Crippen molar-refractivity contribution in [3.05, 3.63) is 59.4 Å². The summed E-state index contributed by atoms with van der Waals surface area (Å²) in [4.78, 5) is 4.00. The molecule has 1 unspecified atom stereocenters. The van der Waals surface area contributed by atoms with Crippen molar-refractivity contribution in [2.75, 3.05) is 0 Å². The van der Waals surface area contributed by atoms with Crippen LogP contribution >= 0.6 is 0 Å². The van der Waals surface area contributed by atoms with E-state index in [4.69, 9.17) is 4.74 Å². The molecule has 0 fully saturated rings. The van der Waals surface area contributed by atoms with E-state index in [9.17, 15) is 13.9 Å².